The van der Waals surface area contributed by atoms with Crippen LogP contribution in [0, 0.1) is 0 Å². The molecular weight excluding hydrogens is 398 g/mol. The number of benzene rings is 2. The Labute approximate surface area is 179 Å². The fourth-order valence-electron chi connectivity index (χ4n) is 3.75. The molecule has 1 aromatic heterocycles. The van der Waals surface area contributed by atoms with Crippen LogP contribution in [0.25, 0.3) is 0 Å². The predicted molar refractivity (Wildman–Crippen MR) is 113 cm³/mol. The summed E-state index contributed by atoms with van der Waals surface area (Å²) in [5.74, 6) is 1.09. The molecule has 1 unspecified atom stereocenters. The van der Waals surface area contributed by atoms with Crippen molar-refractivity contribution in [3.63, 3.8) is 0 Å². The summed E-state index contributed by atoms with van der Waals surface area (Å²) < 4.78 is 15.9. The second kappa shape index (κ2) is 8.91. The molecule has 2 amide bonds. The second-order valence-corrected chi connectivity index (χ2v) is 7.09. The van der Waals surface area contributed by atoms with Gasteiger partial charge in [0.15, 0.2) is 17.3 Å². The topological polar surface area (TPSA) is 93.9 Å². The number of hydrogen-bond acceptors (Lipinski definition) is 6. The molecule has 0 saturated heterocycles. The molecular formula is C23H23N3O5. The van der Waals surface area contributed by atoms with Crippen LogP contribution in [0.1, 0.15) is 40.9 Å². The standard InChI is InChI=1S/C23H23N3O5/c1-3-30-19-9-8-15(12-20(19)29-2)18(13-22(27)24-21-10-11-31-25-21)26-14-16-6-4-5-7-17(16)23(26)28/h4-12,18H,3,13-14H2,1-2H3,(H,24,25,27). The van der Waals surface area contributed by atoms with E-state index in [4.69, 9.17) is 14.0 Å². The van der Waals surface area contributed by atoms with E-state index in [2.05, 4.69) is 10.5 Å². The third kappa shape index (κ3) is 4.23. The number of fused-ring (bicyclic) bond motifs is 1. The highest BCUT2D eigenvalue weighted by atomic mass is 16.5. The van der Waals surface area contributed by atoms with Gasteiger partial charge in [-0.05, 0) is 36.2 Å². The monoisotopic (exact) mass is 421 g/mol. The molecule has 8 nitrogen and oxygen atoms in total. The number of methoxy groups -OCH3 is 1. The Kier molecular flexibility index (Phi) is 5.88. The third-order valence-corrected chi connectivity index (χ3v) is 5.18. The third-order valence-electron chi connectivity index (χ3n) is 5.18. The van der Waals surface area contributed by atoms with Gasteiger partial charge in [0, 0.05) is 18.2 Å². The number of anilines is 1. The smallest absolute Gasteiger partial charge is 0.255 e. The molecule has 0 fully saturated rings. The van der Waals surface area contributed by atoms with Gasteiger partial charge in [-0.1, -0.05) is 29.4 Å². The lowest BCUT2D eigenvalue weighted by Crippen LogP contribution is -2.32. The summed E-state index contributed by atoms with van der Waals surface area (Å²) >= 11 is 0. The highest BCUT2D eigenvalue weighted by Gasteiger charge is 2.35. The van der Waals surface area contributed by atoms with Crippen LogP contribution in [-0.2, 0) is 11.3 Å². The van der Waals surface area contributed by atoms with Crippen molar-refractivity contribution in [3.8, 4) is 11.5 Å². The SMILES string of the molecule is CCOc1ccc(C(CC(=O)Nc2ccon2)N2Cc3ccccc3C2=O)cc1OC. The second-order valence-electron chi connectivity index (χ2n) is 7.09. The summed E-state index contributed by atoms with van der Waals surface area (Å²) in [5, 5.41) is 6.42. The highest BCUT2D eigenvalue weighted by molar-refractivity contribution is 5.99. The van der Waals surface area contributed by atoms with Crippen molar-refractivity contribution >= 4 is 17.6 Å². The first-order valence-corrected chi connectivity index (χ1v) is 10.0. The zero-order valence-electron chi connectivity index (χ0n) is 17.3. The van der Waals surface area contributed by atoms with Gasteiger partial charge >= 0.3 is 0 Å². The van der Waals surface area contributed by atoms with Crippen molar-refractivity contribution in [2.75, 3.05) is 19.0 Å². The minimum Gasteiger partial charge on any atom is -0.493 e. The molecule has 1 aliphatic heterocycles. The Hall–Kier alpha value is -3.81. The average molecular weight is 421 g/mol. The summed E-state index contributed by atoms with van der Waals surface area (Å²) in [5.41, 5.74) is 2.37. The molecule has 2 heterocycles. The lowest BCUT2D eigenvalue weighted by atomic mass is 10.0. The van der Waals surface area contributed by atoms with Crippen LogP contribution in [-0.4, -0.2) is 35.6 Å². The van der Waals surface area contributed by atoms with Crippen LogP contribution in [0.4, 0.5) is 5.82 Å². The molecule has 31 heavy (non-hydrogen) atoms. The predicted octanol–water partition coefficient (Wildman–Crippen LogP) is 3.81. The van der Waals surface area contributed by atoms with E-state index in [1.54, 1.807) is 24.1 Å². The molecule has 3 aromatic rings. The molecule has 160 valence electrons. The lowest BCUT2D eigenvalue weighted by Gasteiger charge is -2.28. The molecule has 0 spiro atoms. The van der Waals surface area contributed by atoms with E-state index in [1.807, 2.05) is 43.3 Å². The van der Waals surface area contributed by atoms with Gasteiger partial charge in [0.05, 0.1) is 26.2 Å². The van der Waals surface area contributed by atoms with E-state index < -0.39 is 6.04 Å². The largest absolute Gasteiger partial charge is 0.493 e. The maximum Gasteiger partial charge on any atom is 0.255 e. The Morgan fingerprint density at radius 2 is 2.06 bits per heavy atom. The van der Waals surface area contributed by atoms with Crippen molar-refractivity contribution in [2.24, 2.45) is 0 Å². The Bertz CT molecular complexity index is 1080. The van der Waals surface area contributed by atoms with Gasteiger partial charge in [-0.15, -0.1) is 0 Å². The number of rotatable bonds is 8. The zero-order valence-corrected chi connectivity index (χ0v) is 17.3. The molecule has 0 bridgehead atoms. The van der Waals surface area contributed by atoms with Crippen molar-refractivity contribution in [2.45, 2.75) is 25.9 Å². The minimum atomic E-state index is -0.503. The lowest BCUT2D eigenvalue weighted by molar-refractivity contribution is -0.117. The van der Waals surface area contributed by atoms with Crippen molar-refractivity contribution in [1.29, 1.82) is 0 Å². The van der Waals surface area contributed by atoms with Gasteiger partial charge in [-0.2, -0.15) is 0 Å². The average Bonchev–Trinajstić information content (AvgIpc) is 3.40. The summed E-state index contributed by atoms with van der Waals surface area (Å²) in [6.07, 6.45) is 1.43. The number of aromatic nitrogens is 1. The number of nitrogens with one attached hydrogen (secondary N) is 1. The van der Waals surface area contributed by atoms with Gasteiger partial charge in [-0.25, -0.2) is 0 Å². The number of carbonyl (C=O) groups is 2. The zero-order chi connectivity index (χ0) is 21.8. The molecule has 0 saturated carbocycles. The van der Waals surface area contributed by atoms with E-state index in [1.165, 1.54) is 6.26 Å². The molecule has 1 aliphatic rings. The van der Waals surface area contributed by atoms with Crippen LogP contribution in [0.5, 0.6) is 11.5 Å². The summed E-state index contributed by atoms with van der Waals surface area (Å²) in [7, 11) is 1.56. The van der Waals surface area contributed by atoms with E-state index in [0.29, 0.717) is 36.0 Å². The van der Waals surface area contributed by atoms with Crippen molar-refractivity contribution in [1.82, 2.24) is 10.1 Å². The quantitative estimate of drug-likeness (QED) is 0.594. The van der Waals surface area contributed by atoms with Crippen LogP contribution >= 0.6 is 0 Å². The number of carbonyl (C=O) groups excluding carboxylic acids is 2. The van der Waals surface area contributed by atoms with Gasteiger partial charge in [0.1, 0.15) is 6.26 Å². The van der Waals surface area contributed by atoms with Gasteiger partial charge in [-0.3, -0.25) is 9.59 Å². The van der Waals surface area contributed by atoms with Crippen LogP contribution in [0.15, 0.2) is 59.3 Å². The van der Waals surface area contributed by atoms with E-state index in [9.17, 15) is 9.59 Å². The molecule has 1 atom stereocenters. The number of amides is 2. The molecule has 4 rings (SSSR count). The number of ether oxygens (including phenoxy) is 2. The van der Waals surface area contributed by atoms with Gasteiger partial charge in [0.25, 0.3) is 5.91 Å². The first kappa shape index (κ1) is 20.5. The highest BCUT2D eigenvalue weighted by Crippen LogP contribution is 2.37. The first-order chi connectivity index (χ1) is 15.1. The van der Waals surface area contributed by atoms with E-state index in [-0.39, 0.29) is 18.2 Å². The molecule has 2 aromatic carbocycles. The van der Waals surface area contributed by atoms with Gasteiger partial charge < -0.3 is 24.2 Å². The Morgan fingerprint density at radius 1 is 1.23 bits per heavy atom. The first-order valence-electron chi connectivity index (χ1n) is 10.0. The minimum absolute atomic E-state index is 0.0454. The maximum absolute atomic E-state index is 13.1. The molecule has 8 heteroatoms. The van der Waals surface area contributed by atoms with E-state index in [0.717, 1.165) is 11.1 Å². The Balaban J connectivity index is 1.66. The van der Waals surface area contributed by atoms with Crippen LogP contribution in [0.2, 0.25) is 0 Å². The molecule has 0 aliphatic carbocycles. The molecule has 0 radical (unpaired) electrons. The van der Waals surface area contributed by atoms with E-state index >= 15 is 0 Å². The van der Waals surface area contributed by atoms with Crippen molar-refractivity contribution < 1.29 is 23.6 Å². The normalized spacial score (nSPS) is 13.6. The number of hydrogen-bond donors (Lipinski definition) is 1. The van der Waals surface area contributed by atoms with Crippen LogP contribution in [0.3, 0.4) is 0 Å². The maximum atomic E-state index is 13.1. The summed E-state index contributed by atoms with van der Waals surface area (Å²) in [6, 6.07) is 14.0. The van der Waals surface area contributed by atoms with Gasteiger partial charge in [0.2, 0.25) is 5.91 Å². The fourth-order valence-corrected chi connectivity index (χ4v) is 3.75. The fraction of sp³-hybridized carbons (Fsp3) is 0.261. The summed E-state index contributed by atoms with van der Waals surface area (Å²) in [6.45, 7) is 2.82. The summed E-state index contributed by atoms with van der Waals surface area (Å²) in [4.78, 5) is 27.6. The van der Waals surface area contributed by atoms with Crippen molar-refractivity contribution in [3.05, 3.63) is 71.5 Å². The number of nitrogens with zero attached hydrogens (tertiary/aromatic N) is 2. The molecule has 1 N–H and O–H groups in total. The van der Waals surface area contributed by atoms with Crippen LogP contribution < -0.4 is 14.8 Å². The Morgan fingerprint density at radius 3 is 2.77 bits per heavy atom.